The molecule has 6 atom stereocenters. The fourth-order valence-electron chi connectivity index (χ4n) is 6.55. The van der Waals surface area contributed by atoms with E-state index in [4.69, 9.17) is 9.47 Å². The van der Waals surface area contributed by atoms with Crippen molar-refractivity contribution < 1.29 is 31.4 Å². The maximum absolute atomic E-state index is 12.4. The largest absolute Gasteiger partial charge is 0.393 e. The van der Waals surface area contributed by atoms with E-state index in [1.807, 2.05) is 13.0 Å². The van der Waals surface area contributed by atoms with E-state index < -0.39 is 25.8 Å². The van der Waals surface area contributed by atoms with Crippen LogP contribution in [-0.4, -0.2) is 64.0 Å². The van der Waals surface area contributed by atoms with Crippen LogP contribution >= 0.6 is 0 Å². The molecule has 292 valence electrons. The zero-order valence-corrected chi connectivity index (χ0v) is 32.9. The third-order valence-corrected chi connectivity index (χ3v) is 13.2. The fourth-order valence-corrected chi connectivity index (χ4v) is 9.32. The highest BCUT2D eigenvalue weighted by Gasteiger charge is 2.31. The highest BCUT2D eigenvalue weighted by atomic mass is 32.2. The zero-order chi connectivity index (χ0) is 38.3. The quantitative estimate of drug-likeness (QED) is 0.119. The van der Waals surface area contributed by atoms with Crippen LogP contribution in [0.3, 0.4) is 0 Å². The normalized spacial score (nSPS) is 21.0. The molecule has 2 aromatic carbocycles. The smallest absolute Gasteiger partial charge is 0.178 e. The molecule has 2 aliphatic rings. The van der Waals surface area contributed by atoms with Gasteiger partial charge in [0.1, 0.15) is 0 Å². The number of aliphatic hydroxyl groups excluding tert-OH is 1. The average Bonchev–Trinajstić information content (AvgIpc) is 3.68. The van der Waals surface area contributed by atoms with Gasteiger partial charge >= 0.3 is 0 Å². The summed E-state index contributed by atoms with van der Waals surface area (Å²) < 4.78 is 61.6. The zero-order valence-electron chi connectivity index (χ0n) is 31.3. The van der Waals surface area contributed by atoms with Gasteiger partial charge in [-0.05, 0) is 124 Å². The molecule has 1 N–H and O–H groups in total. The Hall–Kier alpha value is -3.26. The van der Waals surface area contributed by atoms with Crippen LogP contribution < -0.4 is 0 Å². The maximum Gasteiger partial charge on any atom is 0.178 e. The summed E-state index contributed by atoms with van der Waals surface area (Å²) in [5.74, 6) is 0.729. The molecule has 2 saturated heterocycles. The Kier molecular flexibility index (Phi) is 19.2. The van der Waals surface area contributed by atoms with Gasteiger partial charge in [-0.15, -0.1) is 11.5 Å². The van der Waals surface area contributed by atoms with Gasteiger partial charge in [0.15, 0.2) is 19.7 Å². The Labute approximate surface area is 320 Å². The van der Waals surface area contributed by atoms with Crippen molar-refractivity contribution >= 4 is 19.7 Å². The first kappa shape index (κ1) is 45.9. The van der Waals surface area contributed by atoms with E-state index in [1.54, 1.807) is 54.6 Å². The van der Waals surface area contributed by atoms with Crippen LogP contribution in [0.2, 0.25) is 0 Å². The van der Waals surface area contributed by atoms with Crippen molar-refractivity contribution in [2.45, 2.75) is 133 Å². The Morgan fingerprint density at radius 1 is 0.717 bits per heavy atom. The second kappa shape index (κ2) is 22.2. The molecule has 7 nitrogen and oxygen atoms in total. The summed E-state index contributed by atoms with van der Waals surface area (Å²) in [5.41, 5.74) is 9.93. The lowest BCUT2D eigenvalue weighted by Crippen LogP contribution is -2.18. The van der Waals surface area contributed by atoms with Crippen LogP contribution in [0.15, 0.2) is 131 Å². The molecule has 0 saturated carbocycles. The number of rotatable bonds is 18. The molecule has 0 spiro atoms. The molecule has 0 aromatic heterocycles. The molecule has 2 aromatic rings. The van der Waals surface area contributed by atoms with Crippen LogP contribution in [0.1, 0.15) is 92.4 Å². The third-order valence-electron chi connectivity index (χ3n) is 9.71. The molecule has 4 rings (SSSR count). The van der Waals surface area contributed by atoms with E-state index in [-0.39, 0.29) is 43.3 Å². The van der Waals surface area contributed by atoms with E-state index in [0.717, 1.165) is 42.4 Å². The molecule has 2 fully saturated rings. The first-order valence-electron chi connectivity index (χ1n) is 18.2. The van der Waals surface area contributed by atoms with Crippen molar-refractivity contribution in [1.82, 2.24) is 0 Å². The molecule has 0 aliphatic carbocycles. The van der Waals surface area contributed by atoms with Crippen molar-refractivity contribution in [3.05, 3.63) is 121 Å². The van der Waals surface area contributed by atoms with Crippen LogP contribution in [-0.2, 0) is 29.1 Å². The van der Waals surface area contributed by atoms with Crippen LogP contribution in [0.5, 0.6) is 0 Å². The van der Waals surface area contributed by atoms with Gasteiger partial charge in [-0.2, -0.15) is 0 Å². The summed E-state index contributed by atoms with van der Waals surface area (Å²) in [4.78, 5) is 0.731. The van der Waals surface area contributed by atoms with Gasteiger partial charge in [0.25, 0.3) is 0 Å². The molecule has 2 aliphatic heterocycles. The van der Waals surface area contributed by atoms with Crippen molar-refractivity contribution in [2.24, 2.45) is 5.92 Å². The lowest BCUT2D eigenvalue weighted by Gasteiger charge is -2.17. The van der Waals surface area contributed by atoms with E-state index in [1.165, 1.54) is 5.57 Å². The van der Waals surface area contributed by atoms with Crippen LogP contribution in [0.4, 0.5) is 0 Å². The predicted molar refractivity (Wildman–Crippen MR) is 217 cm³/mol. The minimum Gasteiger partial charge on any atom is -0.393 e. The maximum atomic E-state index is 12.4. The molecular weight excluding hydrogens is 705 g/mol. The summed E-state index contributed by atoms with van der Waals surface area (Å²) in [5, 5.41) is 10.0. The number of aliphatic hydroxyl groups is 1. The monoisotopic (exact) mass is 766 g/mol. The Morgan fingerprint density at radius 3 is 1.53 bits per heavy atom. The number of allylic oxidation sites excluding steroid dienone is 1. The van der Waals surface area contributed by atoms with Crippen molar-refractivity contribution in [2.75, 3.05) is 11.5 Å². The Bertz CT molecular complexity index is 1650. The van der Waals surface area contributed by atoms with Gasteiger partial charge in [-0.3, -0.25) is 0 Å². The number of ether oxygens (including phenoxy) is 2. The van der Waals surface area contributed by atoms with Crippen LogP contribution in [0, 0.1) is 5.92 Å². The van der Waals surface area contributed by atoms with Crippen molar-refractivity contribution in [1.29, 1.82) is 0 Å². The number of hydrogen-bond acceptors (Lipinski definition) is 7. The Morgan fingerprint density at radius 2 is 1.11 bits per heavy atom. The highest BCUT2D eigenvalue weighted by Crippen LogP contribution is 2.32. The standard InChI is InChI=1S/C22H30O3S.C21H28O4S.CH4/c1-5-17(2)15-18(3)11-12-22-19(4)16-20(25-22)13-14-26(23,24)21-9-7-6-8-10-21;1-4-16(2)14-18(22)10-11-21-17(3)15-19(25-21)12-13-26(23,24)20-8-6-5-7-9-20;/h6-10,18,20,22H,1,4,11-16H2,2-3H3;5-9,18-19,21-22H,1,3,10-15H2,2H3;1H4/t18-,20-,22?;18-,19-,21?;/m00./s1. The summed E-state index contributed by atoms with van der Waals surface area (Å²) in [6.07, 6.45) is 6.57. The summed E-state index contributed by atoms with van der Waals surface area (Å²) in [7, 11) is -6.54. The second-order valence-electron chi connectivity index (χ2n) is 14.3. The lowest BCUT2D eigenvalue weighted by atomic mass is 9.94. The molecule has 0 radical (unpaired) electrons. The average molecular weight is 767 g/mol. The van der Waals surface area contributed by atoms with Gasteiger partial charge in [-0.1, -0.05) is 77.1 Å². The Balaban J connectivity index is 0.000000360. The van der Waals surface area contributed by atoms with Gasteiger partial charge in [-0.25, -0.2) is 16.8 Å². The van der Waals surface area contributed by atoms with Gasteiger partial charge < -0.3 is 14.6 Å². The predicted octanol–water partition coefficient (Wildman–Crippen LogP) is 9.56. The first-order chi connectivity index (χ1) is 24.6. The topological polar surface area (TPSA) is 107 Å². The second-order valence-corrected chi connectivity index (χ2v) is 18.5. The highest BCUT2D eigenvalue weighted by molar-refractivity contribution is 7.91. The fraction of sp³-hybridized carbons (Fsp3) is 0.500. The molecule has 53 heavy (non-hydrogen) atoms. The molecule has 9 heteroatoms. The molecular formula is C44H62O7S2. The first-order valence-corrected chi connectivity index (χ1v) is 21.5. The van der Waals surface area contributed by atoms with Gasteiger partial charge in [0, 0.05) is 6.42 Å². The molecule has 2 unspecified atom stereocenters. The van der Waals surface area contributed by atoms with E-state index in [9.17, 15) is 21.9 Å². The van der Waals surface area contributed by atoms with E-state index >= 15 is 0 Å². The summed E-state index contributed by atoms with van der Waals surface area (Å²) >= 11 is 0. The van der Waals surface area contributed by atoms with E-state index in [0.29, 0.717) is 54.2 Å². The summed E-state index contributed by atoms with van der Waals surface area (Å²) in [6.45, 7) is 21.6. The lowest BCUT2D eigenvalue weighted by molar-refractivity contribution is 0.0369. The molecule has 2 heterocycles. The van der Waals surface area contributed by atoms with E-state index in [2.05, 4.69) is 51.6 Å². The number of benzene rings is 2. The van der Waals surface area contributed by atoms with Gasteiger partial charge in [0.2, 0.25) is 0 Å². The number of sulfone groups is 2. The van der Waals surface area contributed by atoms with Crippen molar-refractivity contribution in [3.8, 4) is 0 Å². The van der Waals surface area contributed by atoms with Crippen LogP contribution in [0.25, 0.3) is 0 Å². The number of hydrogen-bond donors (Lipinski definition) is 1. The minimum absolute atomic E-state index is 0. The summed E-state index contributed by atoms with van der Waals surface area (Å²) in [6, 6.07) is 17.1. The molecule has 0 bridgehead atoms. The minimum atomic E-state index is -3.29. The van der Waals surface area contributed by atoms with Crippen molar-refractivity contribution in [3.63, 3.8) is 0 Å². The van der Waals surface area contributed by atoms with Gasteiger partial charge in [0.05, 0.1) is 51.8 Å². The molecule has 0 amide bonds. The SMILES string of the molecule is C.C=C=C(C)C[C@@H](C)CCC1O[C@@H](CCS(=O)(=O)c2ccccc2)CC1=C.C=C=C(C)C[C@@H](O)CCC1O[C@@H](CCS(=O)(=O)c2ccccc2)CC1=C. The third kappa shape index (κ3) is 15.6.